The lowest BCUT2D eigenvalue weighted by Gasteiger charge is -2.26. The number of H-pyrrole nitrogens is 1. The Balaban J connectivity index is 3.03. The van der Waals surface area contributed by atoms with Gasteiger partial charge in [0.05, 0.1) is 12.4 Å². The van der Waals surface area contributed by atoms with Crippen LogP contribution in [0.3, 0.4) is 0 Å². The number of amides is 4. The maximum atomic E-state index is 13.2. The van der Waals surface area contributed by atoms with Crippen molar-refractivity contribution in [2.75, 3.05) is 0 Å². The summed E-state index contributed by atoms with van der Waals surface area (Å²) in [7, 11) is 0. The number of primary amides is 1. The Morgan fingerprint density at radius 3 is 2.03 bits per heavy atom. The second kappa shape index (κ2) is 15.2. The Kier molecular flexibility index (Phi) is 12.7. The highest BCUT2D eigenvalue weighted by molar-refractivity contribution is 5.94. The minimum atomic E-state index is -1.40. The van der Waals surface area contributed by atoms with E-state index in [2.05, 4.69) is 25.9 Å². The third-order valence-electron chi connectivity index (χ3n) is 5.25. The minimum absolute atomic E-state index is 0.0460. The zero-order valence-electron chi connectivity index (χ0n) is 20.7. The Labute approximate surface area is 213 Å². The topological polar surface area (TPSA) is 260 Å². The molecular weight excluding hydrogens is 490 g/mol. The second-order valence-corrected chi connectivity index (χ2v) is 8.98. The first-order valence-corrected chi connectivity index (χ1v) is 11.7. The molecule has 0 aromatic carbocycles. The molecule has 4 atom stereocenters. The smallest absolute Gasteiger partial charge is 0.326 e. The van der Waals surface area contributed by atoms with Gasteiger partial charge in [-0.05, 0) is 25.2 Å². The summed E-state index contributed by atoms with van der Waals surface area (Å²) in [6.07, 6.45) is 1.91. The molecule has 0 saturated carbocycles. The molecule has 0 aliphatic heterocycles. The lowest BCUT2D eigenvalue weighted by Crippen LogP contribution is -2.58. The average Bonchev–Trinajstić information content (AvgIpc) is 3.31. The highest BCUT2D eigenvalue weighted by Gasteiger charge is 2.31. The maximum Gasteiger partial charge on any atom is 0.326 e. The van der Waals surface area contributed by atoms with Crippen LogP contribution < -0.4 is 27.4 Å². The van der Waals surface area contributed by atoms with Gasteiger partial charge in [0.2, 0.25) is 23.6 Å². The summed E-state index contributed by atoms with van der Waals surface area (Å²) in [5, 5.41) is 25.5. The van der Waals surface area contributed by atoms with Crippen LogP contribution in [-0.4, -0.2) is 79.9 Å². The summed E-state index contributed by atoms with van der Waals surface area (Å²) in [6.45, 7) is 3.58. The first-order valence-electron chi connectivity index (χ1n) is 11.7. The van der Waals surface area contributed by atoms with Crippen LogP contribution >= 0.6 is 0 Å². The van der Waals surface area contributed by atoms with E-state index in [0.29, 0.717) is 5.69 Å². The van der Waals surface area contributed by atoms with Gasteiger partial charge in [0.1, 0.15) is 18.1 Å². The zero-order valence-corrected chi connectivity index (χ0v) is 20.7. The van der Waals surface area contributed by atoms with Crippen molar-refractivity contribution in [3.05, 3.63) is 18.2 Å². The van der Waals surface area contributed by atoms with Crippen molar-refractivity contribution in [1.29, 1.82) is 0 Å². The van der Waals surface area contributed by atoms with Gasteiger partial charge in [-0.3, -0.25) is 24.0 Å². The van der Waals surface area contributed by atoms with Gasteiger partial charge in [0.25, 0.3) is 0 Å². The van der Waals surface area contributed by atoms with Crippen LogP contribution in [0, 0.1) is 5.92 Å². The zero-order chi connectivity index (χ0) is 28.1. The van der Waals surface area contributed by atoms with Crippen LogP contribution in [0.4, 0.5) is 0 Å². The van der Waals surface area contributed by atoms with Gasteiger partial charge >= 0.3 is 11.9 Å². The van der Waals surface area contributed by atoms with Gasteiger partial charge < -0.3 is 42.6 Å². The summed E-state index contributed by atoms with van der Waals surface area (Å²) in [5.74, 6) is -5.62. The number of carboxylic acid groups (broad SMARTS) is 2. The molecule has 1 rings (SSSR count). The minimum Gasteiger partial charge on any atom is -0.481 e. The molecule has 0 spiro atoms. The molecular formula is C22H35N7O8. The number of nitrogens with two attached hydrogens (primary N) is 2. The van der Waals surface area contributed by atoms with Crippen LogP contribution in [0.25, 0.3) is 0 Å². The van der Waals surface area contributed by atoms with Gasteiger partial charge in [0.15, 0.2) is 0 Å². The lowest BCUT2D eigenvalue weighted by molar-refractivity contribution is -0.143. The fourth-order valence-corrected chi connectivity index (χ4v) is 3.31. The van der Waals surface area contributed by atoms with Gasteiger partial charge in [0, 0.05) is 31.2 Å². The van der Waals surface area contributed by atoms with Crippen molar-refractivity contribution in [1.82, 2.24) is 25.9 Å². The number of aliphatic carboxylic acids is 2. The molecule has 206 valence electrons. The van der Waals surface area contributed by atoms with Gasteiger partial charge in [-0.1, -0.05) is 13.8 Å². The molecule has 0 radical (unpaired) electrons. The summed E-state index contributed by atoms with van der Waals surface area (Å²) < 4.78 is 0. The number of imidazole rings is 1. The van der Waals surface area contributed by atoms with E-state index in [1.807, 2.05) is 0 Å². The van der Waals surface area contributed by atoms with E-state index < -0.39 is 59.7 Å². The molecule has 1 aromatic heterocycles. The number of nitrogens with one attached hydrogen (secondary N) is 4. The molecule has 4 unspecified atom stereocenters. The van der Waals surface area contributed by atoms with Crippen LogP contribution in [0.15, 0.2) is 12.5 Å². The van der Waals surface area contributed by atoms with E-state index in [4.69, 9.17) is 16.6 Å². The average molecular weight is 526 g/mol. The fraction of sp³-hybridized carbons (Fsp3) is 0.591. The number of aromatic amines is 1. The van der Waals surface area contributed by atoms with Crippen LogP contribution in [0.2, 0.25) is 0 Å². The van der Waals surface area contributed by atoms with Gasteiger partial charge in [-0.25, -0.2) is 9.78 Å². The Morgan fingerprint density at radius 2 is 1.51 bits per heavy atom. The summed E-state index contributed by atoms with van der Waals surface area (Å²) in [6, 6.07) is -4.97. The number of hydrogen-bond acceptors (Lipinski definition) is 8. The molecule has 0 aliphatic carbocycles. The Hall–Kier alpha value is -4.01. The van der Waals surface area contributed by atoms with E-state index in [9.17, 15) is 33.9 Å². The summed E-state index contributed by atoms with van der Waals surface area (Å²) in [5.41, 5.74) is 11.3. The van der Waals surface area contributed by atoms with E-state index in [1.54, 1.807) is 13.8 Å². The van der Waals surface area contributed by atoms with E-state index in [1.165, 1.54) is 12.5 Å². The predicted molar refractivity (Wildman–Crippen MR) is 128 cm³/mol. The normalized spacial score (nSPS) is 14.2. The number of carboxylic acids is 2. The molecule has 1 heterocycles. The number of aromatic nitrogens is 2. The first kappa shape index (κ1) is 31.0. The third-order valence-corrected chi connectivity index (χ3v) is 5.25. The lowest BCUT2D eigenvalue weighted by atomic mass is 10.0. The quantitative estimate of drug-likeness (QED) is 0.111. The second-order valence-electron chi connectivity index (χ2n) is 8.98. The molecule has 0 saturated heterocycles. The number of rotatable bonds is 17. The monoisotopic (exact) mass is 525 g/mol. The molecule has 0 aliphatic rings. The van der Waals surface area contributed by atoms with Crippen molar-refractivity contribution in [2.45, 2.75) is 76.5 Å². The standard InChI is InChI=1S/C22H35N7O8/c1-11(2)7-15(20(34)27-14(22(36)37)4-5-17(24)30)29-21(35)16(8-12-9-25-10-26-12)28-19(33)13(23)3-6-18(31)32/h9-11,13-16H,3-8,23H2,1-2H3,(H2,24,30)(H,25,26)(H,27,34)(H,28,33)(H,29,35)(H,31,32)(H,36,37). The maximum absolute atomic E-state index is 13.2. The first-order chi connectivity index (χ1) is 17.3. The van der Waals surface area contributed by atoms with Crippen molar-refractivity contribution < 1.29 is 39.0 Å². The number of carbonyl (C=O) groups is 6. The highest BCUT2D eigenvalue weighted by atomic mass is 16.4. The SMILES string of the molecule is CC(C)CC(NC(=O)C(Cc1cnc[nH]1)NC(=O)C(N)CCC(=O)O)C(=O)NC(CCC(N)=O)C(=O)O. The van der Waals surface area contributed by atoms with E-state index >= 15 is 0 Å². The van der Waals surface area contributed by atoms with Crippen molar-refractivity contribution in [3.63, 3.8) is 0 Å². The van der Waals surface area contributed by atoms with Crippen molar-refractivity contribution in [2.24, 2.45) is 17.4 Å². The van der Waals surface area contributed by atoms with E-state index in [-0.39, 0.29) is 44.4 Å². The molecule has 1 aromatic rings. The molecule has 37 heavy (non-hydrogen) atoms. The van der Waals surface area contributed by atoms with Crippen molar-refractivity contribution >= 4 is 35.6 Å². The predicted octanol–water partition coefficient (Wildman–Crippen LogP) is -2.01. The fourth-order valence-electron chi connectivity index (χ4n) is 3.31. The van der Waals surface area contributed by atoms with Crippen LogP contribution in [0.1, 0.15) is 51.6 Å². The number of nitrogens with zero attached hydrogens (tertiary/aromatic N) is 1. The molecule has 15 heteroatoms. The number of hydrogen-bond donors (Lipinski definition) is 8. The van der Waals surface area contributed by atoms with Crippen LogP contribution in [0.5, 0.6) is 0 Å². The summed E-state index contributed by atoms with van der Waals surface area (Å²) >= 11 is 0. The molecule has 0 bridgehead atoms. The Morgan fingerprint density at radius 1 is 0.919 bits per heavy atom. The van der Waals surface area contributed by atoms with Gasteiger partial charge in [-0.15, -0.1) is 0 Å². The Bertz CT molecular complexity index is 951. The molecule has 4 amide bonds. The third kappa shape index (κ3) is 12.0. The van der Waals surface area contributed by atoms with Crippen molar-refractivity contribution in [3.8, 4) is 0 Å². The highest BCUT2D eigenvalue weighted by Crippen LogP contribution is 2.09. The number of carbonyl (C=O) groups excluding carboxylic acids is 4. The molecule has 0 fully saturated rings. The summed E-state index contributed by atoms with van der Waals surface area (Å²) in [4.78, 5) is 78.6. The molecule has 10 N–H and O–H groups in total. The van der Waals surface area contributed by atoms with Crippen LogP contribution in [-0.2, 0) is 35.2 Å². The van der Waals surface area contributed by atoms with Gasteiger partial charge in [-0.2, -0.15) is 0 Å². The van der Waals surface area contributed by atoms with E-state index in [0.717, 1.165) is 0 Å². The molecule has 15 nitrogen and oxygen atoms in total. The largest absolute Gasteiger partial charge is 0.481 e.